The second kappa shape index (κ2) is 5.38. The van der Waals surface area contributed by atoms with Crippen LogP contribution in [0, 0.1) is 0 Å². The SMILES string of the molecule is CC(=O)CC1(c2ccc(CN3CC45CC3(CN4c3ncccn3)C5)cn2)CC1. The van der Waals surface area contributed by atoms with Crippen molar-refractivity contribution in [1.29, 1.82) is 0 Å². The quantitative estimate of drug-likeness (QED) is 0.773. The molecule has 0 spiro atoms. The molecule has 28 heavy (non-hydrogen) atoms. The van der Waals surface area contributed by atoms with Gasteiger partial charge in [0.2, 0.25) is 5.95 Å². The largest absolute Gasteiger partial charge is 0.332 e. The zero-order valence-electron chi connectivity index (χ0n) is 16.3. The van der Waals surface area contributed by atoms with Gasteiger partial charge in [-0.2, -0.15) is 0 Å². The van der Waals surface area contributed by atoms with Gasteiger partial charge in [0.1, 0.15) is 5.78 Å². The van der Waals surface area contributed by atoms with Crippen LogP contribution in [0.25, 0.3) is 0 Å². The van der Waals surface area contributed by atoms with Crippen LogP contribution >= 0.6 is 0 Å². The Morgan fingerprint density at radius 1 is 1.07 bits per heavy atom. The van der Waals surface area contributed by atoms with Gasteiger partial charge in [-0.1, -0.05) is 6.07 Å². The Labute approximate surface area is 165 Å². The van der Waals surface area contributed by atoms with Crippen molar-refractivity contribution >= 4 is 11.7 Å². The molecule has 6 fully saturated rings. The van der Waals surface area contributed by atoms with Gasteiger partial charge >= 0.3 is 0 Å². The van der Waals surface area contributed by atoms with Crippen LogP contribution in [0.3, 0.4) is 0 Å². The molecule has 6 heterocycles. The van der Waals surface area contributed by atoms with Crippen LogP contribution in [-0.2, 0) is 16.8 Å². The summed E-state index contributed by atoms with van der Waals surface area (Å²) in [7, 11) is 0. The predicted molar refractivity (Wildman–Crippen MR) is 105 cm³/mol. The number of piperazine rings is 1. The van der Waals surface area contributed by atoms with Gasteiger partial charge < -0.3 is 4.90 Å². The first-order valence-corrected chi connectivity index (χ1v) is 10.3. The highest BCUT2D eigenvalue weighted by atomic mass is 16.1. The molecule has 2 bridgehead atoms. The first kappa shape index (κ1) is 16.6. The van der Waals surface area contributed by atoms with E-state index in [4.69, 9.17) is 4.98 Å². The number of ketones is 1. The van der Waals surface area contributed by atoms with Crippen LogP contribution in [0.4, 0.5) is 5.95 Å². The third-order valence-electron chi connectivity index (χ3n) is 7.47. The molecule has 0 N–H and O–H groups in total. The summed E-state index contributed by atoms with van der Waals surface area (Å²) in [6, 6.07) is 6.26. The molecule has 0 atom stereocenters. The number of hydrogen-bond donors (Lipinski definition) is 0. The molecule has 4 saturated heterocycles. The monoisotopic (exact) mass is 375 g/mol. The van der Waals surface area contributed by atoms with E-state index in [0.29, 0.717) is 6.42 Å². The summed E-state index contributed by atoms with van der Waals surface area (Å²) < 4.78 is 0. The number of carbonyl (C=O) groups is 1. The number of aromatic nitrogens is 3. The fraction of sp³-hybridized carbons (Fsp3) is 0.545. The second-order valence-corrected chi connectivity index (χ2v) is 9.50. The summed E-state index contributed by atoms with van der Waals surface area (Å²) in [5.74, 6) is 1.15. The molecule has 6 nitrogen and oxygen atoms in total. The van der Waals surface area contributed by atoms with E-state index in [-0.39, 0.29) is 22.3 Å². The molecular formula is C22H25N5O. The molecule has 6 aliphatic rings. The summed E-state index contributed by atoms with van der Waals surface area (Å²) in [5, 5.41) is 0. The van der Waals surface area contributed by atoms with Gasteiger partial charge in [0, 0.05) is 61.3 Å². The van der Waals surface area contributed by atoms with Gasteiger partial charge in [-0.15, -0.1) is 0 Å². The van der Waals surface area contributed by atoms with E-state index >= 15 is 0 Å². The Bertz CT molecular complexity index is 931. The molecule has 2 aliphatic carbocycles. The highest BCUT2D eigenvalue weighted by Crippen LogP contribution is 2.63. The topological polar surface area (TPSA) is 62.2 Å². The normalized spacial score (nSPS) is 31.7. The molecule has 6 heteroatoms. The van der Waals surface area contributed by atoms with Crippen LogP contribution in [0.15, 0.2) is 36.8 Å². The van der Waals surface area contributed by atoms with Crippen LogP contribution in [0.5, 0.6) is 0 Å². The molecule has 4 aliphatic heterocycles. The van der Waals surface area contributed by atoms with Gasteiger partial charge in [-0.05, 0) is 50.3 Å². The number of anilines is 1. The Hall–Kier alpha value is -2.34. The Morgan fingerprint density at radius 2 is 1.86 bits per heavy atom. The molecule has 0 radical (unpaired) electrons. The van der Waals surface area contributed by atoms with E-state index in [2.05, 4.69) is 31.9 Å². The summed E-state index contributed by atoms with van der Waals surface area (Å²) >= 11 is 0. The zero-order valence-corrected chi connectivity index (χ0v) is 16.3. The number of rotatable bonds is 6. The van der Waals surface area contributed by atoms with Crippen molar-refractivity contribution in [1.82, 2.24) is 19.9 Å². The summed E-state index contributed by atoms with van der Waals surface area (Å²) in [5.41, 5.74) is 2.92. The van der Waals surface area contributed by atoms with E-state index in [1.165, 1.54) is 18.4 Å². The second-order valence-electron chi connectivity index (χ2n) is 9.50. The summed E-state index contributed by atoms with van der Waals surface area (Å²) in [4.78, 5) is 30.4. The smallest absolute Gasteiger partial charge is 0.225 e. The molecule has 144 valence electrons. The number of fused-ring (bicyclic) bond motifs is 2. The highest BCUT2D eigenvalue weighted by molar-refractivity contribution is 5.77. The van der Waals surface area contributed by atoms with Gasteiger partial charge in [-0.3, -0.25) is 14.7 Å². The van der Waals surface area contributed by atoms with Crippen molar-refractivity contribution in [3.8, 4) is 0 Å². The summed E-state index contributed by atoms with van der Waals surface area (Å²) in [6.07, 6.45) is 11.0. The van der Waals surface area contributed by atoms with E-state index in [9.17, 15) is 4.79 Å². The highest BCUT2D eigenvalue weighted by Gasteiger charge is 2.74. The minimum atomic E-state index is 0.0342. The number of carbonyl (C=O) groups excluding carboxylic acids is 1. The number of nitrogens with zero attached hydrogens (tertiary/aromatic N) is 5. The van der Waals surface area contributed by atoms with Gasteiger partial charge in [0.15, 0.2) is 0 Å². The Morgan fingerprint density at radius 3 is 2.43 bits per heavy atom. The Kier molecular flexibility index (Phi) is 3.19. The van der Waals surface area contributed by atoms with Crippen LogP contribution in [0.1, 0.15) is 50.3 Å². The molecule has 0 unspecified atom stereocenters. The van der Waals surface area contributed by atoms with E-state index in [1.807, 2.05) is 24.7 Å². The lowest BCUT2D eigenvalue weighted by Gasteiger charge is -2.37. The molecule has 0 aromatic carbocycles. The summed E-state index contributed by atoms with van der Waals surface area (Å²) in [6.45, 7) is 4.76. The zero-order chi connectivity index (χ0) is 19.0. The minimum Gasteiger partial charge on any atom is -0.332 e. The fourth-order valence-electron chi connectivity index (χ4n) is 6.12. The molecular weight excluding hydrogens is 350 g/mol. The lowest BCUT2D eigenvalue weighted by atomic mass is 9.73. The van der Waals surface area contributed by atoms with Crippen molar-refractivity contribution in [3.63, 3.8) is 0 Å². The van der Waals surface area contributed by atoms with Crippen LogP contribution < -0.4 is 4.90 Å². The average Bonchev–Trinajstić information content (AvgIpc) is 3.01. The standard InChI is InChI=1S/C22H25N5O/c1-16(28)9-20(5-6-20)18-4-3-17(10-25-18)11-26-14-22-12-21(26,13-22)15-27(22)19-23-7-2-8-24-19/h2-4,7-8,10H,5-6,9,11-15H2,1H3. The number of Topliss-reactive ketones (excluding diaryl/α,β-unsaturated/α-hetero) is 1. The molecule has 0 amide bonds. The van der Waals surface area contributed by atoms with Crippen molar-refractivity contribution in [2.75, 3.05) is 18.0 Å². The van der Waals surface area contributed by atoms with Crippen molar-refractivity contribution in [3.05, 3.63) is 48.0 Å². The maximum atomic E-state index is 11.6. The third kappa shape index (κ3) is 2.24. The molecule has 2 aromatic rings. The third-order valence-corrected chi connectivity index (χ3v) is 7.47. The van der Waals surface area contributed by atoms with E-state index in [0.717, 1.165) is 44.1 Å². The lowest BCUT2D eigenvalue weighted by molar-refractivity contribution is -0.117. The first-order chi connectivity index (χ1) is 13.5. The fourth-order valence-corrected chi connectivity index (χ4v) is 6.12. The van der Waals surface area contributed by atoms with Gasteiger partial charge in [-0.25, -0.2) is 9.97 Å². The first-order valence-electron chi connectivity index (χ1n) is 10.3. The number of pyridine rings is 1. The predicted octanol–water partition coefficient (Wildman–Crippen LogP) is 2.49. The maximum absolute atomic E-state index is 11.6. The van der Waals surface area contributed by atoms with E-state index < -0.39 is 0 Å². The average molecular weight is 375 g/mol. The maximum Gasteiger partial charge on any atom is 0.225 e. The molecule has 2 aromatic heterocycles. The van der Waals surface area contributed by atoms with Crippen LogP contribution in [0.2, 0.25) is 0 Å². The van der Waals surface area contributed by atoms with Crippen molar-refractivity contribution < 1.29 is 4.79 Å². The van der Waals surface area contributed by atoms with Gasteiger partial charge in [0.25, 0.3) is 0 Å². The molecule has 8 rings (SSSR count). The lowest BCUT2D eigenvalue weighted by Crippen LogP contribution is -2.47. The van der Waals surface area contributed by atoms with E-state index in [1.54, 1.807) is 6.92 Å². The number of hydrogen-bond acceptors (Lipinski definition) is 6. The van der Waals surface area contributed by atoms with Crippen LogP contribution in [-0.4, -0.2) is 49.8 Å². The Balaban J connectivity index is 1.16. The minimum absolute atomic E-state index is 0.0342. The van der Waals surface area contributed by atoms with Crippen molar-refractivity contribution in [2.24, 2.45) is 0 Å². The van der Waals surface area contributed by atoms with Gasteiger partial charge in [0.05, 0.1) is 5.54 Å². The van der Waals surface area contributed by atoms with Crippen molar-refractivity contribution in [2.45, 2.75) is 62.1 Å². The molecule has 2 saturated carbocycles.